The van der Waals surface area contributed by atoms with Crippen molar-refractivity contribution in [2.45, 2.75) is 31.5 Å². The first-order valence-corrected chi connectivity index (χ1v) is 12.3. The molecule has 2 N–H and O–H groups in total. The Hall–Kier alpha value is -4.72. The lowest BCUT2D eigenvalue weighted by molar-refractivity contribution is -0.145. The summed E-state index contributed by atoms with van der Waals surface area (Å²) in [6.45, 7) is 0.0553. The molecule has 0 radical (unpaired) electrons. The van der Waals surface area contributed by atoms with E-state index in [9.17, 15) is 14.4 Å². The number of esters is 1. The number of pyridine rings is 1. The van der Waals surface area contributed by atoms with E-state index < -0.39 is 30.1 Å². The Balaban J connectivity index is 1.54. The van der Waals surface area contributed by atoms with Gasteiger partial charge in [-0.3, -0.25) is 9.78 Å². The maximum atomic E-state index is 13.5. The third kappa shape index (κ3) is 7.16. The summed E-state index contributed by atoms with van der Waals surface area (Å²) in [7, 11) is 1.26. The van der Waals surface area contributed by atoms with Crippen LogP contribution >= 0.6 is 0 Å². The summed E-state index contributed by atoms with van der Waals surface area (Å²) in [5.74, 6) is -1.15. The Labute approximate surface area is 221 Å². The van der Waals surface area contributed by atoms with Gasteiger partial charge >= 0.3 is 12.1 Å². The summed E-state index contributed by atoms with van der Waals surface area (Å²) in [6.07, 6.45) is 1.19. The number of carbonyl (C=O) groups excluding carboxylic acids is 3. The molecule has 1 heterocycles. The van der Waals surface area contributed by atoms with E-state index in [0.717, 1.165) is 21.9 Å². The Kier molecular flexibility index (Phi) is 9.02. The molecule has 194 valence electrons. The quantitative estimate of drug-likeness (QED) is 0.312. The van der Waals surface area contributed by atoms with Crippen molar-refractivity contribution in [2.24, 2.45) is 0 Å². The number of carbonyl (C=O) groups is 3. The lowest BCUT2D eigenvalue weighted by Crippen LogP contribution is -2.53. The molecule has 0 saturated heterocycles. The molecule has 8 heteroatoms. The number of aromatic nitrogens is 1. The fraction of sp³-hybridized carbons (Fsp3) is 0.200. The number of alkyl carbamates (subject to hydrolysis) is 1. The highest BCUT2D eigenvalue weighted by atomic mass is 16.5. The Morgan fingerprint density at radius 2 is 1.53 bits per heavy atom. The predicted octanol–water partition coefficient (Wildman–Crippen LogP) is 3.97. The van der Waals surface area contributed by atoms with Crippen LogP contribution in [0.3, 0.4) is 0 Å². The molecule has 0 aliphatic carbocycles. The molecule has 0 aliphatic rings. The van der Waals surface area contributed by atoms with Crippen LogP contribution in [-0.2, 0) is 38.5 Å². The summed E-state index contributed by atoms with van der Waals surface area (Å²) in [5.41, 5.74) is 2.30. The van der Waals surface area contributed by atoms with Gasteiger partial charge < -0.3 is 20.1 Å². The number of benzene rings is 3. The van der Waals surface area contributed by atoms with Gasteiger partial charge in [0, 0.05) is 24.7 Å². The van der Waals surface area contributed by atoms with E-state index in [1.165, 1.54) is 7.11 Å². The number of ether oxygens (including phenoxy) is 2. The molecule has 3 aromatic carbocycles. The molecule has 0 saturated carbocycles. The van der Waals surface area contributed by atoms with Gasteiger partial charge in [-0.1, -0.05) is 78.9 Å². The normalized spacial score (nSPS) is 12.2. The van der Waals surface area contributed by atoms with Crippen LogP contribution in [0.5, 0.6) is 0 Å². The van der Waals surface area contributed by atoms with Crippen molar-refractivity contribution >= 4 is 28.7 Å². The maximum Gasteiger partial charge on any atom is 0.408 e. The topological polar surface area (TPSA) is 107 Å². The highest BCUT2D eigenvalue weighted by Gasteiger charge is 2.29. The number of nitrogens with zero attached hydrogens (tertiary/aromatic N) is 1. The van der Waals surface area contributed by atoms with Gasteiger partial charge in [-0.2, -0.15) is 0 Å². The van der Waals surface area contributed by atoms with Crippen molar-refractivity contribution in [3.63, 3.8) is 0 Å². The molecule has 38 heavy (non-hydrogen) atoms. The van der Waals surface area contributed by atoms with Crippen LogP contribution in [0.2, 0.25) is 0 Å². The predicted molar refractivity (Wildman–Crippen MR) is 143 cm³/mol. The standard InChI is InChI=1S/C30H29N3O5/c1-37-29(35)27(19-24-15-7-8-17-31-24)32-28(34)26(33-30(36)38-20-21-10-3-2-4-11-21)18-23-14-9-13-22-12-5-6-16-25(22)23/h2-17,26-27H,18-20H2,1H3,(H,32,34)(H,33,36)/t26-,27?/m0/s1. The summed E-state index contributed by atoms with van der Waals surface area (Å²) in [4.78, 5) is 43.0. The molecule has 1 aromatic heterocycles. The van der Waals surface area contributed by atoms with Gasteiger partial charge in [0.15, 0.2) is 0 Å². The average Bonchev–Trinajstić information content (AvgIpc) is 2.96. The lowest BCUT2D eigenvalue weighted by Gasteiger charge is -2.22. The summed E-state index contributed by atoms with van der Waals surface area (Å²) in [6, 6.07) is 26.2. The molecular formula is C30H29N3O5. The monoisotopic (exact) mass is 511 g/mol. The lowest BCUT2D eigenvalue weighted by atomic mass is 9.98. The minimum absolute atomic E-state index is 0.0553. The van der Waals surface area contributed by atoms with Crippen molar-refractivity contribution in [1.82, 2.24) is 15.6 Å². The van der Waals surface area contributed by atoms with Crippen molar-refractivity contribution in [1.29, 1.82) is 0 Å². The third-order valence-corrected chi connectivity index (χ3v) is 6.07. The number of rotatable bonds is 10. The van der Waals surface area contributed by atoms with E-state index in [1.54, 1.807) is 24.4 Å². The first kappa shape index (κ1) is 26.3. The van der Waals surface area contributed by atoms with Crippen molar-refractivity contribution in [3.05, 3.63) is 114 Å². The van der Waals surface area contributed by atoms with Crippen LogP contribution in [-0.4, -0.2) is 42.1 Å². The summed E-state index contributed by atoms with van der Waals surface area (Å²) in [5, 5.41) is 7.40. The van der Waals surface area contributed by atoms with Crippen LogP contribution in [0.15, 0.2) is 97.2 Å². The third-order valence-electron chi connectivity index (χ3n) is 6.07. The molecule has 2 amide bonds. The van der Waals surface area contributed by atoms with Crippen LogP contribution in [0.1, 0.15) is 16.8 Å². The second-order valence-corrected chi connectivity index (χ2v) is 8.71. The zero-order chi connectivity index (χ0) is 26.7. The van der Waals surface area contributed by atoms with E-state index in [2.05, 4.69) is 15.6 Å². The first-order chi connectivity index (χ1) is 18.5. The number of fused-ring (bicyclic) bond motifs is 1. The second-order valence-electron chi connectivity index (χ2n) is 8.71. The molecule has 0 spiro atoms. The van der Waals surface area contributed by atoms with Gasteiger partial charge in [-0.05, 0) is 34.0 Å². The summed E-state index contributed by atoms with van der Waals surface area (Å²) < 4.78 is 10.3. The van der Waals surface area contributed by atoms with Gasteiger partial charge in [-0.25, -0.2) is 9.59 Å². The highest BCUT2D eigenvalue weighted by Crippen LogP contribution is 2.20. The molecule has 0 aliphatic heterocycles. The van der Waals surface area contributed by atoms with Gasteiger partial charge in [0.2, 0.25) is 5.91 Å². The van der Waals surface area contributed by atoms with E-state index in [0.29, 0.717) is 5.69 Å². The largest absolute Gasteiger partial charge is 0.467 e. The zero-order valence-corrected chi connectivity index (χ0v) is 21.0. The number of hydrogen-bond donors (Lipinski definition) is 2. The summed E-state index contributed by atoms with van der Waals surface area (Å²) >= 11 is 0. The highest BCUT2D eigenvalue weighted by molar-refractivity contribution is 5.91. The number of hydrogen-bond acceptors (Lipinski definition) is 6. The average molecular weight is 512 g/mol. The van der Waals surface area contributed by atoms with Crippen molar-refractivity contribution in [3.8, 4) is 0 Å². The molecular weight excluding hydrogens is 482 g/mol. The minimum atomic E-state index is -1.01. The zero-order valence-electron chi connectivity index (χ0n) is 21.0. The number of nitrogens with one attached hydrogen (secondary N) is 2. The van der Waals surface area contributed by atoms with Crippen LogP contribution in [0, 0.1) is 0 Å². The molecule has 0 fully saturated rings. The molecule has 8 nitrogen and oxygen atoms in total. The van der Waals surface area contributed by atoms with Crippen molar-refractivity contribution < 1.29 is 23.9 Å². The number of amides is 2. The first-order valence-electron chi connectivity index (χ1n) is 12.3. The van der Waals surface area contributed by atoms with Crippen LogP contribution in [0.25, 0.3) is 10.8 Å². The van der Waals surface area contributed by atoms with Crippen LogP contribution < -0.4 is 10.6 Å². The van der Waals surface area contributed by atoms with Gasteiger partial charge in [0.25, 0.3) is 0 Å². The second kappa shape index (κ2) is 13.0. The fourth-order valence-corrected chi connectivity index (χ4v) is 4.14. The van der Waals surface area contributed by atoms with Crippen molar-refractivity contribution in [2.75, 3.05) is 7.11 Å². The van der Waals surface area contributed by atoms with Gasteiger partial charge in [-0.15, -0.1) is 0 Å². The maximum absolute atomic E-state index is 13.5. The van der Waals surface area contributed by atoms with Gasteiger partial charge in [0.05, 0.1) is 7.11 Å². The fourth-order valence-electron chi connectivity index (χ4n) is 4.14. The molecule has 1 unspecified atom stereocenters. The van der Waals surface area contributed by atoms with E-state index >= 15 is 0 Å². The molecule has 4 rings (SSSR count). The smallest absolute Gasteiger partial charge is 0.408 e. The van der Waals surface area contributed by atoms with E-state index in [-0.39, 0.29) is 19.4 Å². The van der Waals surface area contributed by atoms with E-state index in [1.807, 2.05) is 72.8 Å². The molecule has 2 atom stereocenters. The van der Waals surface area contributed by atoms with Gasteiger partial charge in [0.1, 0.15) is 18.7 Å². The molecule has 0 bridgehead atoms. The Morgan fingerprint density at radius 3 is 2.29 bits per heavy atom. The van der Waals surface area contributed by atoms with Crippen LogP contribution in [0.4, 0.5) is 4.79 Å². The minimum Gasteiger partial charge on any atom is -0.467 e. The molecule has 4 aromatic rings. The van der Waals surface area contributed by atoms with E-state index in [4.69, 9.17) is 9.47 Å². The Morgan fingerprint density at radius 1 is 0.789 bits per heavy atom. The Bertz CT molecular complexity index is 1370. The number of methoxy groups -OCH3 is 1. The SMILES string of the molecule is COC(=O)C(Cc1ccccn1)NC(=O)[C@H](Cc1cccc2ccccc12)NC(=O)OCc1ccccc1.